The molecule has 1 nitrogen and oxygen atoms in total. The molecule has 0 unspecified atom stereocenters. The van der Waals surface area contributed by atoms with E-state index in [1.54, 1.807) is 0 Å². The van der Waals surface area contributed by atoms with Gasteiger partial charge in [-0.15, -0.1) is 12.4 Å². The second-order valence-electron chi connectivity index (χ2n) is 4.68. The van der Waals surface area contributed by atoms with E-state index in [9.17, 15) is 0 Å². The molecule has 0 aromatic heterocycles. The standard InChI is InChI=1S/C14H20ClN.ClH/c1-2-16-14(9-4-3-5-10-14)12-7-6-8-13(15)11-12;/h6-8,11,16H,2-5,9-10H2,1H3;1H. The first-order chi connectivity index (χ1) is 7.77. The summed E-state index contributed by atoms with van der Waals surface area (Å²) in [6.45, 7) is 3.20. The van der Waals surface area contributed by atoms with Gasteiger partial charge in [0.15, 0.2) is 0 Å². The number of nitrogens with one attached hydrogen (secondary N) is 1. The number of benzene rings is 1. The molecule has 1 fully saturated rings. The molecule has 0 radical (unpaired) electrons. The maximum atomic E-state index is 6.10. The highest BCUT2D eigenvalue weighted by Crippen LogP contribution is 2.37. The Morgan fingerprint density at radius 3 is 2.53 bits per heavy atom. The minimum absolute atomic E-state index is 0. The molecule has 1 aliphatic carbocycles. The van der Waals surface area contributed by atoms with Crippen LogP contribution in [0.15, 0.2) is 24.3 Å². The molecule has 1 saturated carbocycles. The molecule has 1 aromatic rings. The molecule has 0 heterocycles. The van der Waals surface area contributed by atoms with Gasteiger partial charge in [-0.3, -0.25) is 0 Å². The van der Waals surface area contributed by atoms with Crippen molar-refractivity contribution in [1.82, 2.24) is 5.32 Å². The van der Waals surface area contributed by atoms with Crippen LogP contribution in [0.3, 0.4) is 0 Å². The van der Waals surface area contributed by atoms with Crippen LogP contribution in [0.25, 0.3) is 0 Å². The van der Waals surface area contributed by atoms with Crippen molar-refractivity contribution in [1.29, 1.82) is 0 Å². The third-order valence-corrected chi connectivity index (χ3v) is 3.83. The fourth-order valence-corrected chi connectivity index (χ4v) is 3.04. The number of hydrogen-bond donors (Lipinski definition) is 1. The summed E-state index contributed by atoms with van der Waals surface area (Å²) in [6.07, 6.45) is 6.48. The van der Waals surface area contributed by atoms with Gasteiger partial charge in [0.05, 0.1) is 0 Å². The summed E-state index contributed by atoms with van der Waals surface area (Å²) in [4.78, 5) is 0. The van der Waals surface area contributed by atoms with Crippen LogP contribution in [0.1, 0.15) is 44.6 Å². The predicted octanol–water partition coefficient (Wildman–Crippen LogP) is 4.53. The van der Waals surface area contributed by atoms with Crippen LogP contribution in [0, 0.1) is 0 Å². The molecule has 96 valence electrons. The van der Waals surface area contributed by atoms with Gasteiger partial charge in [0, 0.05) is 10.6 Å². The van der Waals surface area contributed by atoms with Crippen molar-refractivity contribution in [2.24, 2.45) is 0 Å². The Balaban J connectivity index is 0.00000144. The maximum Gasteiger partial charge on any atom is 0.0435 e. The minimum Gasteiger partial charge on any atom is -0.308 e. The number of halogens is 2. The largest absolute Gasteiger partial charge is 0.308 e. The second-order valence-corrected chi connectivity index (χ2v) is 5.12. The van der Waals surface area contributed by atoms with E-state index in [-0.39, 0.29) is 17.9 Å². The molecule has 17 heavy (non-hydrogen) atoms. The van der Waals surface area contributed by atoms with E-state index < -0.39 is 0 Å². The first-order valence-corrected chi connectivity index (χ1v) is 6.66. The molecule has 1 aromatic carbocycles. The van der Waals surface area contributed by atoms with Crippen molar-refractivity contribution in [2.45, 2.75) is 44.6 Å². The summed E-state index contributed by atoms with van der Waals surface area (Å²) in [7, 11) is 0. The van der Waals surface area contributed by atoms with E-state index in [1.807, 2.05) is 6.07 Å². The fourth-order valence-electron chi connectivity index (χ4n) is 2.85. The lowest BCUT2D eigenvalue weighted by molar-refractivity contribution is 0.238. The lowest BCUT2D eigenvalue weighted by Crippen LogP contribution is -2.43. The molecule has 2 rings (SSSR count). The van der Waals surface area contributed by atoms with Crippen LogP contribution >= 0.6 is 24.0 Å². The average molecular weight is 274 g/mol. The van der Waals surface area contributed by atoms with Gasteiger partial charge in [0.25, 0.3) is 0 Å². The Kier molecular flexibility index (Phi) is 5.78. The van der Waals surface area contributed by atoms with Crippen molar-refractivity contribution < 1.29 is 0 Å². The highest BCUT2D eigenvalue weighted by atomic mass is 35.5. The minimum atomic E-state index is 0. The zero-order valence-corrected chi connectivity index (χ0v) is 11.9. The summed E-state index contributed by atoms with van der Waals surface area (Å²) >= 11 is 6.10. The Morgan fingerprint density at radius 1 is 1.24 bits per heavy atom. The van der Waals surface area contributed by atoms with Crippen molar-refractivity contribution in [3.8, 4) is 0 Å². The van der Waals surface area contributed by atoms with Crippen LogP contribution in [0.5, 0.6) is 0 Å². The molecular formula is C14H21Cl2N. The summed E-state index contributed by atoms with van der Waals surface area (Å²) in [5.41, 5.74) is 1.54. The maximum absolute atomic E-state index is 6.10. The molecule has 0 spiro atoms. The Labute approximate surface area is 115 Å². The van der Waals surface area contributed by atoms with Gasteiger partial charge in [-0.1, -0.05) is 49.9 Å². The first kappa shape index (κ1) is 14.8. The predicted molar refractivity (Wildman–Crippen MR) is 77.1 cm³/mol. The van der Waals surface area contributed by atoms with Crippen molar-refractivity contribution in [2.75, 3.05) is 6.54 Å². The van der Waals surface area contributed by atoms with Crippen molar-refractivity contribution >= 4 is 24.0 Å². The second kappa shape index (κ2) is 6.63. The quantitative estimate of drug-likeness (QED) is 0.853. The highest BCUT2D eigenvalue weighted by molar-refractivity contribution is 6.30. The Bertz CT molecular complexity index is 340. The summed E-state index contributed by atoms with van der Waals surface area (Å²) in [5, 5.41) is 4.53. The average Bonchev–Trinajstić information content (AvgIpc) is 2.31. The van der Waals surface area contributed by atoms with Gasteiger partial charge in [-0.05, 0) is 37.1 Å². The number of hydrogen-bond acceptors (Lipinski definition) is 1. The van der Waals surface area contributed by atoms with Crippen LogP contribution in [0.2, 0.25) is 5.02 Å². The molecule has 0 atom stereocenters. The first-order valence-electron chi connectivity index (χ1n) is 6.28. The molecule has 3 heteroatoms. The zero-order valence-electron chi connectivity index (χ0n) is 10.3. The van der Waals surface area contributed by atoms with Crippen LogP contribution in [0.4, 0.5) is 0 Å². The van der Waals surface area contributed by atoms with Gasteiger partial charge in [-0.25, -0.2) is 0 Å². The summed E-state index contributed by atoms with van der Waals surface area (Å²) in [5.74, 6) is 0. The summed E-state index contributed by atoms with van der Waals surface area (Å²) in [6, 6.07) is 8.34. The van der Waals surface area contributed by atoms with Gasteiger partial charge in [0.1, 0.15) is 0 Å². The van der Waals surface area contributed by atoms with Gasteiger partial charge < -0.3 is 5.32 Å². The smallest absolute Gasteiger partial charge is 0.0435 e. The van der Waals surface area contributed by atoms with Crippen LogP contribution in [-0.4, -0.2) is 6.54 Å². The Morgan fingerprint density at radius 2 is 1.94 bits per heavy atom. The van der Waals surface area contributed by atoms with E-state index >= 15 is 0 Å². The topological polar surface area (TPSA) is 12.0 Å². The normalized spacial score (nSPS) is 18.5. The number of rotatable bonds is 3. The molecule has 0 bridgehead atoms. The third kappa shape index (κ3) is 3.37. The van der Waals surface area contributed by atoms with Gasteiger partial charge >= 0.3 is 0 Å². The monoisotopic (exact) mass is 273 g/mol. The van der Waals surface area contributed by atoms with Crippen LogP contribution < -0.4 is 5.32 Å². The van der Waals surface area contributed by atoms with E-state index in [2.05, 4.69) is 30.4 Å². The lowest BCUT2D eigenvalue weighted by Gasteiger charge is -2.39. The Hall–Kier alpha value is -0.240. The van der Waals surface area contributed by atoms with Gasteiger partial charge in [-0.2, -0.15) is 0 Å². The SMILES string of the molecule is CCNC1(c2cccc(Cl)c2)CCCCC1.Cl. The van der Waals surface area contributed by atoms with E-state index in [4.69, 9.17) is 11.6 Å². The van der Waals surface area contributed by atoms with E-state index in [0.29, 0.717) is 0 Å². The van der Waals surface area contributed by atoms with Crippen molar-refractivity contribution in [3.05, 3.63) is 34.9 Å². The molecular weight excluding hydrogens is 253 g/mol. The molecule has 1 N–H and O–H groups in total. The molecule has 0 saturated heterocycles. The van der Waals surface area contributed by atoms with E-state index in [1.165, 1.54) is 37.7 Å². The van der Waals surface area contributed by atoms with Crippen LogP contribution in [-0.2, 0) is 5.54 Å². The summed E-state index contributed by atoms with van der Waals surface area (Å²) < 4.78 is 0. The zero-order chi connectivity index (χ0) is 11.4. The molecule has 0 amide bonds. The van der Waals surface area contributed by atoms with Crippen molar-refractivity contribution in [3.63, 3.8) is 0 Å². The third-order valence-electron chi connectivity index (χ3n) is 3.60. The molecule has 1 aliphatic rings. The lowest BCUT2D eigenvalue weighted by atomic mass is 9.76. The fraction of sp³-hybridized carbons (Fsp3) is 0.571. The molecule has 0 aliphatic heterocycles. The van der Waals surface area contributed by atoms with Gasteiger partial charge in [0.2, 0.25) is 0 Å². The van der Waals surface area contributed by atoms with E-state index in [0.717, 1.165) is 11.6 Å². The highest BCUT2D eigenvalue weighted by Gasteiger charge is 2.32.